The standard InChI is InChI=1S/C21H37N5O/c1-6-16-15(17(7-2)26(5)25-16)14-23-20(22-8-3)24-18-13-19(27-9-4)21(18)11-10-12-21/h18-19H,6-14H2,1-5H3,(H2,22,23,24). The minimum atomic E-state index is 0.337. The molecule has 1 aromatic rings. The Bertz CT molecular complexity index is 662. The minimum absolute atomic E-state index is 0.337. The van der Waals surface area contributed by atoms with Crippen molar-refractivity contribution >= 4 is 5.96 Å². The normalized spacial score (nSPS) is 23.8. The van der Waals surface area contributed by atoms with Crippen molar-refractivity contribution in [2.75, 3.05) is 13.2 Å². The topological polar surface area (TPSA) is 63.5 Å². The van der Waals surface area contributed by atoms with Gasteiger partial charge in [0.15, 0.2) is 5.96 Å². The predicted molar refractivity (Wildman–Crippen MR) is 110 cm³/mol. The third-order valence-corrected chi connectivity index (χ3v) is 6.52. The molecule has 2 atom stereocenters. The number of aryl methyl sites for hydroxylation is 2. The Morgan fingerprint density at radius 2 is 2.04 bits per heavy atom. The first-order chi connectivity index (χ1) is 13.1. The van der Waals surface area contributed by atoms with Crippen LogP contribution in [-0.4, -0.2) is 41.0 Å². The molecular weight excluding hydrogens is 338 g/mol. The number of hydrogen-bond donors (Lipinski definition) is 2. The van der Waals surface area contributed by atoms with Crippen LogP contribution in [0.1, 0.15) is 70.3 Å². The molecule has 1 spiro atoms. The molecule has 6 heteroatoms. The second-order valence-corrected chi connectivity index (χ2v) is 7.86. The maximum atomic E-state index is 5.99. The molecule has 2 saturated carbocycles. The summed E-state index contributed by atoms with van der Waals surface area (Å²) in [6, 6.07) is 0.478. The number of rotatable bonds is 8. The van der Waals surface area contributed by atoms with Gasteiger partial charge in [-0.05, 0) is 46.0 Å². The maximum absolute atomic E-state index is 5.99. The van der Waals surface area contributed by atoms with Crippen molar-refractivity contribution in [3.05, 3.63) is 17.0 Å². The van der Waals surface area contributed by atoms with E-state index in [4.69, 9.17) is 9.73 Å². The molecule has 2 fully saturated rings. The lowest BCUT2D eigenvalue weighted by molar-refractivity contribution is -0.168. The molecule has 2 aliphatic rings. The van der Waals surface area contributed by atoms with Crippen LogP contribution in [0, 0.1) is 5.41 Å². The van der Waals surface area contributed by atoms with E-state index in [0.717, 1.165) is 38.4 Å². The van der Waals surface area contributed by atoms with E-state index in [-0.39, 0.29) is 0 Å². The van der Waals surface area contributed by atoms with Crippen LogP contribution < -0.4 is 10.6 Å². The fourth-order valence-electron chi connectivity index (χ4n) is 4.86. The van der Waals surface area contributed by atoms with Gasteiger partial charge in [0.25, 0.3) is 0 Å². The van der Waals surface area contributed by atoms with Crippen LogP contribution in [0.5, 0.6) is 0 Å². The first-order valence-corrected chi connectivity index (χ1v) is 10.8. The molecule has 0 aromatic carbocycles. The van der Waals surface area contributed by atoms with Crippen molar-refractivity contribution in [3.63, 3.8) is 0 Å². The molecular formula is C21H37N5O. The third kappa shape index (κ3) is 3.73. The number of guanidine groups is 1. The van der Waals surface area contributed by atoms with Crippen LogP contribution in [0.2, 0.25) is 0 Å². The number of ether oxygens (including phenoxy) is 1. The largest absolute Gasteiger partial charge is 0.378 e. The summed E-state index contributed by atoms with van der Waals surface area (Å²) in [7, 11) is 2.04. The van der Waals surface area contributed by atoms with Gasteiger partial charge in [0.05, 0.1) is 18.3 Å². The van der Waals surface area contributed by atoms with Crippen LogP contribution >= 0.6 is 0 Å². The summed E-state index contributed by atoms with van der Waals surface area (Å²) in [5, 5.41) is 11.8. The van der Waals surface area contributed by atoms with E-state index in [1.54, 1.807) is 0 Å². The smallest absolute Gasteiger partial charge is 0.191 e. The van der Waals surface area contributed by atoms with Crippen molar-refractivity contribution in [2.45, 2.75) is 84.9 Å². The molecule has 0 bridgehead atoms. The molecule has 3 rings (SSSR count). The zero-order chi connectivity index (χ0) is 19.4. The van der Waals surface area contributed by atoms with Crippen LogP contribution in [0.4, 0.5) is 0 Å². The third-order valence-electron chi connectivity index (χ3n) is 6.52. The van der Waals surface area contributed by atoms with Gasteiger partial charge in [0.2, 0.25) is 0 Å². The van der Waals surface area contributed by atoms with Gasteiger partial charge in [0, 0.05) is 42.9 Å². The second-order valence-electron chi connectivity index (χ2n) is 7.86. The highest BCUT2D eigenvalue weighted by Gasteiger charge is 2.59. The first kappa shape index (κ1) is 20.2. The number of aromatic nitrogens is 2. The highest BCUT2D eigenvalue weighted by Crippen LogP contribution is 2.57. The maximum Gasteiger partial charge on any atom is 0.191 e. The predicted octanol–water partition coefficient (Wildman–Crippen LogP) is 2.95. The van der Waals surface area contributed by atoms with Gasteiger partial charge in [-0.1, -0.05) is 20.3 Å². The van der Waals surface area contributed by atoms with Gasteiger partial charge in [0.1, 0.15) is 0 Å². The van der Waals surface area contributed by atoms with E-state index < -0.39 is 0 Å². The van der Waals surface area contributed by atoms with Crippen molar-refractivity contribution in [2.24, 2.45) is 17.5 Å². The van der Waals surface area contributed by atoms with Gasteiger partial charge < -0.3 is 15.4 Å². The Labute approximate surface area is 164 Å². The molecule has 2 aliphatic carbocycles. The molecule has 27 heavy (non-hydrogen) atoms. The van der Waals surface area contributed by atoms with Gasteiger partial charge in [-0.3, -0.25) is 4.68 Å². The Hall–Kier alpha value is -1.56. The molecule has 0 amide bonds. The quantitative estimate of drug-likeness (QED) is 0.542. The minimum Gasteiger partial charge on any atom is -0.378 e. The zero-order valence-electron chi connectivity index (χ0n) is 17.8. The monoisotopic (exact) mass is 375 g/mol. The molecule has 152 valence electrons. The molecule has 1 heterocycles. The zero-order valence-corrected chi connectivity index (χ0v) is 17.8. The molecule has 2 N–H and O–H groups in total. The number of nitrogens with zero attached hydrogens (tertiary/aromatic N) is 3. The lowest BCUT2D eigenvalue weighted by Gasteiger charge is -2.61. The summed E-state index contributed by atoms with van der Waals surface area (Å²) >= 11 is 0. The van der Waals surface area contributed by atoms with Gasteiger partial charge in [-0.25, -0.2) is 4.99 Å². The van der Waals surface area contributed by atoms with Gasteiger partial charge in [-0.2, -0.15) is 5.10 Å². The molecule has 0 radical (unpaired) electrons. The first-order valence-electron chi connectivity index (χ1n) is 10.8. The lowest BCUT2D eigenvalue weighted by atomic mass is 9.51. The number of nitrogens with one attached hydrogen (secondary N) is 2. The summed E-state index contributed by atoms with van der Waals surface area (Å²) in [6.07, 6.45) is 7.32. The molecule has 1 aromatic heterocycles. The lowest BCUT2D eigenvalue weighted by Crippen LogP contribution is -2.68. The van der Waals surface area contributed by atoms with Crippen molar-refractivity contribution in [3.8, 4) is 0 Å². The fraction of sp³-hybridized carbons (Fsp3) is 0.810. The van der Waals surface area contributed by atoms with Crippen LogP contribution in [0.15, 0.2) is 4.99 Å². The Balaban J connectivity index is 1.71. The Morgan fingerprint density at radius 3 is 2.59 bits per heavy atom. The molecule has 6 nitrogen and oxygen atoms in total. The second kappa shape index (κ2) is 8.63. The number of hydrogen-bond acceptors (Lipinski definition) is 3. The highest BCUT2D eigenvalue weighted by molar-refractivity contribution is 5.80. The van der Waals surface area contributed by atoms with Gasteiger partial charge in [-0.15, -0.1) is 0 Å². The van der Waals surface area contributed by atoms with Crippen LogP contribution in [0.25, 0.3) is 0 Å². The van der Waals surface area contributed by atoms with Crippen molar-refractivity contribution in [1.82, 2.24) is 20.4 Å². The van der Waals surface area contributed by atoms with Crippen molar-refractivity contribution < 1.29 is 4.74 Å². The molecule has 0 aliphatic heterocycles. The summed E-state index contributed by atoms with van der Waals surface area (Å²) in [6.45, 7) is 11.0. The molecule has 2 unspecified atom stereocenters. The Morgan fingerprint density at radius 1 is 1.26 bits per heavy atom. The summed E-state index contributed by atoms with van der Waals surface area (Å²) in [4.78, 5) is 4.93. The molecule has 0 saturated heterocycles. The van der Waals surface area contributed by atoms with Crippen molar-refractivity contribution in [1.29, 1.82) is 0 Å². The average Bonchev–Trinajstić information content (AvgIpc) is 2.91. The number of aliphatic imine (C=N–C) groups is 1. The fourth-order valence-corrected chi connectivity index (χ4v) is 4.86. The van der Waals surface area contributed by atoms with Crippen LogP contribution in [-0.2, 0) is 31.2 Å². The SMILES string of the molecule is CCNC(=NCc1c(CC)nn(C)c1CC)NC1CC(OCC)C12CCC2. The van der Waals surface area contributed by atoms with Crippen LogP contribution in [0.3, 0.4) is 0 Å². The van der Waals surface area contributed by atoms with Gasteiger partial charge >= 0.3 is 0 Å². The van der Waals surface area contributed by atoms with E-state index in [1.807, 2.05) is 11.7 Å². The summed E-state index contributed by atoms with van der Waals surface area (Å²) in [5.41, 5.74) is 4.09. The van der Waals surface area contributed by atoms with E-state index in [0.29, 0.717) is 24.1 Å². The van der Waals surface area contributed by atoms with E-state index in [1.165, 1.54) is 36.2 Å². The van der Waals surface area contributed by atoms with E-state index in [2.05, 4.69) is 43.4 Å². The summed E-state index contributed by atoms with van der Waals surface area (Å²) in [5.74, 6) is 0.927. The van der Waals surface area contributed by atoms with E-state index >= 15 is 0 Å². The highest BCUT2D eigenvalue weighted by atomic mass is 16.5. The van der Waals surface area contributed by atoms with E-state index in [9.17, 15) is 0 Å². The average molecular weight is 376 g/mol. The summed E-state index contributed by atoms with van der Waals surface area (Å²) < 4.78 is 8.01. The Kier molecular flexibility index (Phi) is 6.45.